The Balaban J connectivity index is 1.62. The molecule has 0 aliphatic rings. The number of pyridine rings is 1. The first-order valence-corrected chi connectivity index (χ1v) is 8.85. The van der Waals surface area contributed by atoms with Crippen molar-refractivity contribution in [2.75, 3.05) is 5.32 Å². The van der Waals surface area contributed by atoms with Gasteiger partial charge in [0, 0.05) is 11.6 Å². The van der Waals surface area contributed by atoms with E-state index < -0.39 is 0 Å². The van der Waals surface area contributed by atoms with Crippen molar-refractivity contribution in [2.45, 2.75) is 13.5 Å². The molecule has 1 aromatic carbocycles. The molecule has 0 unspecified atom stereocenters. The smallest absolute Gasteiger partial charge is 0.266 e. The van der Waals surface area contributed by atoms with Gasteiger partial charge >= 0.3 is 0 Å². The Hall–Kier alpha value is -3.06. The largest absolute Gasteiger partial charge is 0.306 e. The highest BCUT2D eigenvalue weighted by molar-refractivity contribution is 7.20. The van der Waals surface area contributed by atoms with Gasteiger partial charge in [-0.2, -0.15) is 5.10 Å². The Bertz CT molecular complexity index is 1070. The predicted molar refractivity (Wildman–Crippen MR) is 100 cm³/mol. The molecule has 3 heterocycles. The second-order valence-corrected chi connectivity index (χ2v) is 6.90. The van der Waals surface area contributed by atoms with Crippen molar-refractivity contribution in [1.82, 2.24) is 14.8 Å². The molecule has 0 saturated carbocycles. The molecule has 26 heavy (non-hydrogen) atoms. The molecule has 3 aromatic heterocycles. The standard InChI is InChI=1S/C19H15FN4OS/c1-12-15-10-16(18(25)22-17-4-2-3-9-21-17)26-19(15)24(23-12)11-13-5-7-14(20)8-6-13/h2-10H,11H2,1H3,(H,21,22,25). The third-order valence-electron chi connectivity index (χ3n) is 3.98. The number of fused-ring (bicyclic) bond motifs is 1. The Morgan fingerprint density at radius 3 is 2.77 bits per heavy atom. The minimum absolute atomic E-state index is 0.197. The molecule has 0 aliphatic heterocycles. The summed E-state index contributed by atoms with van der Waals surface area (Å²) in [5.41, 5.74) is 1.80. The lowest BCUT2D eigenvalue weighted by Gasteiger charge is -2.03. The van der Waals surface area contributed by atoms with Crippen LogP contribution in [0.5, 0.6) is 0 Å². The molecule has 4 aromatic rings. The number of anilines is 1. The number of nitrogens with one attached hydrogen (secondary N) is 1. The highest BCUT2D eigenvalue weighted by atomic mass is 32.1. The number of amides is 1. The van der Waals surface area contributed by atoms with E-state index in [-0.39, 0.29) is 11.7 Å². The maximum atomic E-state index is 13.1. The number of halogens is 1. The topological polar surface area (TPSA) is 59.8 Å². The van der Waals surface area contributed by atoms with Crippen molar-refractivity contribution >= 4 is 33.3 Å². The van der Waals surface area contributed by atoms with Crippen LogP contribution in [-0.2, 0) is 6.54 Å². The van der Waals surface area contributed by atoms with Crippen LogP contribution in [-0.4, -0.2) is 20.7 Å². The van der Waals surface area contributed by atoms with Gasteiger partial charge in [-0.15, -0.1) is 11.3 Å². The number of hydrogen-bond acceptors (Lipinski definition) is 4. The zero-order chi connectivity index (χ0) is 18.1. The number of rotatable bonds is 4. The van der Waals surface area contributed by atoms with E-state index in [1.807, 2.05) is 23.7 Å². The highest BCUT2D eigenvalue weighted by Gasteiger charge is 2.17. The number of benzene rings is 1. The first kappa shape index (κ1) is 16.4. The van der Waals surface area contributed by atoms with E-state index in [1.54, 1.807) is 30.5 Å². The molecule has 1 N–H and O–H groups in total. The van der Waals surface area contributed by atoms with Gasteiger partial charge in [0.1, 0.15) is 16.5 Å². The van der Waals surface area contributed by atoms with Gasteiger partial charge in [-0.1, -0.05) is 18.2 Å². The summed E-state index contributed by atoms with van der Waals surface area (Å²) in [4.78, 5) is 18.1. The summed E-state index contributed by atoms with van der Waals surface area (Å²) in [6.45, 7) is 2.43. The van der Waals surface area contributed by atoms with Crippen LogP contribution in [0.4, 0.5) is 10.2 Å². The SMILES string of the molecule is Cc1nn(Cc2ccc(F)cc2)c2sc(C(=O)Nc3ccccn3)cc12. The molecule has 7 heteroatoms. The van der Waals surface area contributed by atoms with Crippen molar-refractivity contribution in [2.24, 2.45) is 0 Å². The van der Waals surface area contributed by atoms with Gasteiger partial charge in [0.25, 0.3) is 5.91 Å². The fourth-order valence-corrected chi connectivity index (χ4v) is 3.77. The van der Waals surface area contributed by atoms with Gasteiger partial charge in [0.2, 0.25) is 0 Å². The summed E-state index contributed by atoms with van der Waals surface area (Å²) in [5.74, 6) is 0.0531. The van der Waals surface area contributed by atoms with Crippen LogP contribution in [0, 0.1) is 12.7 Å². The minimum Gasteiger partial charge on any atom is -0.306 e. The molecule has 0 bridgehead atoms. The van der Waals surface area contributed by atoms with E-state index in [1.165, 1.54) is 23.5 Å². The third kappa shape index (κ3) is 3.21. The fourth-order valence-electron chi connectivity index (χ4n) is 2.71. The normalized spacial score (nSPS) is 11.0. The van der Waals surface area contributed by atoms with Crippen molar-refractivity contribution in [3.8, 4) is 0 Å². The third-order valence-corrected chi connectivity index (χ3v) is 5.13. The van der Waals surface area contributed by atoms with Gasteiger partial charge in [-0.05, 0) is 42.8 Å². The number of carbonyl (C=O) groups excluding carboxylic acids is 1. The van der Waals surface area contributed by atoms with Crippen LogP contribution >= 0.6 is 11.3 Å². The van der Waals surface area contributed by atoms with Crippen molar-refractivity contribution in [1.29, 1.82) is 0 Å². The number of nitrogens with zero attached hydrogens (tertiary/aromatic N) is 3. The zero-order valence-electron chi connectivity index (χ0n) is 13.9. The molecule has 0 atom stereocenters. The molecule has 130 valence electrons. The van der Waals surface area contributed by atoms with Crippen molar-refractivity contribution in [3.63, 3.8) is 0 Å². The Morgan fingerprint density at radius 1 is 1.23 bits per heavy atom. The first-order valence-electron chi connectivity index (χ1n) is 8.04. The van der Waals surface area contributed by atoms with E-state index in [0.29, 0.717) is 17.2 Å². The lowest BCUT2D eigenvalue weighted by atomic mass is 10.2. The minimum atomic E-state index is -0.264. The second kappa shape index (κ2) is 6.68. The lowest BCUT2D eigenvalue weighted by molar-refractivity contribution is 0.103. The van der Waals surface area contributed by atoms with E-state index in [9.17, 15) is 9.18 Å². The molecule has 0 aliphatic carbocycles. The van der Waals surface area contributed by atoms with Crippen LogP contribution < -0.4 is 5.32 Å². The molecule has 0 radical (unpaired) electrons. The maximum Gasteiger partial charge on any atom is 0.266 e. The highest BCUT2D eigenvalue weighted by Crippen LogP contribution is 2.29. The van der Waals surface area contributed by atoms with E-state index in [0.717, 1.165) is 21.5 Å². The molecule has 1 amide bonds. The van der Waals surface area contributed by atoms with Crippen LogP contribution in [0.15, 0.2) is 54.7 Å². The molecular weight excluding hydrogens is 351 g/mol. The van der Waals surface area contributed by atoms with Gasteiger partial charge in [0.05, 0.1) is 17.1 Å². The second-order valence-electron chi connectivity index (χ2n) is 5.87. The van der Waals surface area contributed by atoms with Crippen LogP contribution in [0.2, 0.25) is 0 Å². The Kier molecular flexibility index (Phi) is 4.22. The number of aryl methyl sites for hydroxylation is 1. The monoisotopic (exact) mass is 366 g/mol. The number of hydrogen-bond donors (Lipinski definition) is 1. The average molecular weight is 366 g/mol. The molecule has 4 rings (SSSR count). The quantitative estimate of drug-likeness (QED) is 0.588. The number of aromatic nitrogens is 3. The van der Waals surface area contributed by atoms with Crippen molar-refractivity contribution in [3.05, 3.63) is 76.7 Å². The molecule has 0 fully saturated rings. The Morgan fingerprint density at radius 2 is 2.04 bits per heavy atom. The lowest BCUT2D eigenvalue weighted by Crippen LogP contribution is -2.11. The fraction of sp³-hybridized carbons (Fsp3) is 0.105. The van der Waals surface area contributed by atoms with Gasteiger partial charge < -0.3 is 5.32 Å². The van der Waals surface area contributed by atoms with Crippen LogP contribution in [0.3, 0.4) is 0 Å². The first-order chi connectivity index (χ1) is 12.6. The summed E-state index contributed by atoms with van der Waals surface area (Å²) in [7, 11) is 0. The molecular formula is C19H15FN4OS. The van der Waals surface area contributed by atoms with Gasteiger partial charge in [0.15, 0.2) is 0 Å². The van der Waals surface area contributed by atoms with E-state index in [2.05, 4.69) is 15.4 Å². The zero-order valence-corrected chi connectivity index (χ0v) is 14.8. The van der Waals surface area contributed by atoms with Crippen LogP contribution in [0.1, 0.15) is 20.9 Å². The van der Waals surface area contributed by atoms with Crippen molar-refractivity contribution < 1.29 is 9.18 Å². The maximum absolute atomic E-state index is 13.1. The summed E-state index contributed by atoms with van der Waals surface area (Å²) >= 11 is 1.38. The summed E-state index contributed by atoms with van der Waals surface area (Å²) < 4.78 is 14.9. The molecule has 0 spiro atoms. The molecule has 0 saturated heterocycles. The van der Waals surface area contributed by atoms with Gasteiger partial charge in [-0.25, -0.2) is 9.37 Å². The summed E-state index contributed by atoms with van der Waals surface area (Å²) in [6.07, 6.45) is 1.63. The predicted octanol–water partition coefficient (Wildman–Crippen LogP) is 4.24. The summed E-state index contributed by atoms with van der Waals surface area (Å²) in [5, 5.41) is 8.28. The van der Waals surface area contributed by atoms with E-state index in [4.69, 9.17) is 0 Å². The van der Waals surface area contributed by atoms with Gasteiger partial charge in [-0.3, -0.25) is 9.48 Å². The average Bonchev–Trinajstić information content (AvgIpc) is 3.20. The van der Waals surface area contributed by atoms with E-state index >= 15 is 0 Å². The molecule has 5 nitrogen and oxygen atoms in total. The number of thiophene rings is 1. The van der Waals surface area contributed by atoms with Crippen LogP contribution in [0.25, 0.3) is 10.2 Å². The Labute approximate surface area is 153 Å². The summed E-state index contributed by atoms with van der Waals surface area (Å²) in [6, 6.07) is 13.5. The number of carbonyl (C=O) groups is 1.